The Morgan fingerprint density at radius 1 is 0.328 bits per heavy atom. The Morgan fingerprint density at radius 3 is 1.11 bits per heavy atom. The summed E-state index contributed by atoms with van der Waals surface area (Å²) in [5.74, 6) is -0.165. The molecule has 0 aliphatic carbocycles. The molecule has 17 aromatic carbocycles. The molecule has 0 saturated carbocycles. The van der Waals surface area contributed by atoms with E-state index in [1.165, 1.54) is 44.2 Å². The monoisotopic (exact) mass is 1680 g/mol. The predicted molar refractivity (Wildman–Crippen MR) is 526 cm³/mol. The average Bonchev–Trinajstić information content (AvgIpc) is 1.43. The van der Waals surface area contributed by atoms with Crippen LogP contribution in [0, 0.1) is 0 Å². The maximum absolute atomic E-state index is 12.7. The SMILES string of the molecule is CC1(C)OB(c2ccc3c(c2)nc(-c2ccccc2)c2cccc(-c4ccccc4)c23)OC1(C)C.Clc1ccc2c(c1)nc(-c1ccccc1)c1cccc(-c3ccccc3)c12.Nc1cc(Cl)ccc1-c1ccccc1-c1ccccc1.O=C(Nc1cc(Cl)ccc1-c1ccccc1-c1ccccc1)c1ccccc1.OB(O)c1ccccc1-c1ccccc1. The zero-order valence-electron chi connectivity index (χ0n) is 69.3. The van der Waals surface area contributed by atoms with Gasteiger partial charge >= 0.3 is 14.2 Å². The van der Waals surface area contributed by atoms with Crippen LogP contribution < -0.4 is 22.0 Å². The van der Waals surface area contributed by atoms with E-state index in [0.29, 0.717) is 37.5 Å². The van der Waals surface area contributed by atoms with Gasteiger partial charge < -0.3 is 30.4 Å². The predicted octanol–water partition coefficient (Wildman–Crippen LogP) is 27.6. The van der Waals surface area contributed by atoms with Crippen LogP contribution in [0.15, 0.2) is 425 Å². The first-order valence-electron chi connectivity index (χ1n) is 41.4. The van der Waals surface area contributed by atoms with Crippen molar-refractivity contribution in [2.45, 2.75) is 38.9 Å². The molecule has 608 valence electrons. The zero-order valence-corrected chi connectivity index (χ0v) is 71.6. The Kier molecular flexibility index (Phi) is 26.3. The van der Waals surface area contributed by atoms with E-state index >= 15 is 0 Å². The van der Waals surface area contributed by atoms with Crippen LogP contribution in [0.2, 0.25) is 15.1 Å². The van der Waals surface area contributed by atoms with Gasteiger partial charge in [-0.05, 0) is 160 Å². The van der Waals surface area contributed by atoms with Gasteiger partial charge in [0.05, 0.1) is 39.3 Å². The second-order valence-electron chi connectivity index (χ2n) is 31.3. The van der Waals surface area contributed by atoms with Crippen LogP contribution in [-0.2, 0) is 9.31 Å². The minimum atomic E-state index is -1.43. The first-order valence-corrected chi connectivity index (χ1v) is 42.5. The van der Waals surface area contributed by atoms with Crippen LogP contribution >= 0.6 is 34.8 Å². The number of halogens is 3. The first-order chi connectivity index (χ1) is 60.9. The topological polar surface area (TPSA) is 140 Å². The molecular weight excluding hydrogens is 1600 g/mol. The lowest BCUT2D eigenvalue weighted by atomic mass is 9.75. The van der Waals surface area contributed by atoms with Crippen molar-refractivity contribution in [3.05, 3.63) is 445 Å². The number of nitrogen functional groups attached to an aromatic ring is 1. The Balaban J connectivity index is 0.000000118. The molecule has 5 N–H and O–H groups in total. The van der Waals surface area contributed by atoms with E-state index in [-0.39, 0.29) is 17.1 Å². The molecule has 19 aromatic rings. The minimum absolute atomic E-state index is 0.165. The van der Waals surface area contributed by atoms with Crippen molar-refractivity contribution in [1.82, 2.24) is 9.97 Å². The van der Waals surface area contributed by atoms with Crippen molar-refractivity contribution in [2.24, 2.45) is 0 Å². The summed E-state index contributed by atoms with van der Waals surface area (Å²) in [4.78, 5) is 22.9. The van der Waals surface area contributed by atoms with Gasteiger partial charge in [-0.25, -0.2) is 9.97 Å². The summed E-state index contributed by atoms with van der Waals surface area (Å²) < 4.78 is 12.7. The summed E-state index contributed by atoms with van der Waals surface area (Å²) >= 11 is 18.5. The highest BCUT2D eigenvalue weighted by molar-refractivity contribution is 6.62. The molecule has 1 aliphatic rings. The third-order valence-electron chi connectivity index (χ3n) is 22.6. The molecular formula is C111H87B2Cl3N4O5. The van der Waals surface area contributed by atoms with Gasteiger partial charge in [-0.3, -0.25) is 4.79 Å². The summed E-state index contributed by atoms with van der Waals surface area (Å²) in [5, 5.41) is 30.4. The lowest BCUT2D eigenvalue weighted by molar-refractivity contribution is 0.00578. The molecule has 1 fully saturated rings. The number of carbonyl (C=O) groups is 1. The molecule has 0 bridgehead atoms. The second kappa shape index (κ2) is 38.7. The van der Waals surface area contributed by atoms with Gasteiger partial charge in [0.1, 0.15) is 0 Å². The fourth-order valence-corrected chi connectivity index (χ4v) is 16.3. The average molecular weight is 1680 g/mol. The molecule has 125 heavy (non-hydrogen) atoms. The van der Waals surface area contributed by atoms with E-state index < -0.39 is 14.2 Å². The van der Waals surface area contributed by atoms with Gasteiger partial charge in [-0.2, -0.15) is 0 Å². The van der Waals surface area contributed by atoms with Crippen molar-refractivity contribution in [3.63, 3.8) is 0 Å². The van der Waals surface area contributed by atoms with E-state index in [1.807, 2.05) is 188 Å². The third kappa shape index (κ3) is 19.3. The quantitative estimate of drug-likeness (QED) is 0.0508. The standard InChI is InChI=1S/C31H28BNO2.C25H18ClNO.C25H16ClN.C18H14ClN.C12H11BO2/c1-30(2)31(3,4)35-32(34-30)23-18-19-25-27(20-23)33-29(22-14-9-6-10-15-22)26-17-11-16-24(28(25)26)21-12-7-5-8-13-21;26-20-15-16-23(24(17-20)27-25(28)19-11-5-2-6-12-19)22-14-8-7-13-21(22)18-9-3-1-4-10-18;26-19-14-15-21-23(16-19)27-25(18-10-5-2-6-11-18)22-13-7-12-20(24(21)22)17-8-3-1-4-9-17;19-14-10-11-17(18(20)12-14)16-9-5-4-8-15(16)13-6-2-1-3-7-13;14-13(15)12-9-5-4-8-11(12)10-6-2-1-3-7-10/h5-20H,1-4H3;1-17H,(H,27,28);1-16H;1-12H,20H2;1-9,14-15H. The molecule has 20 rings (SSSR count). The molecule has 0 atom stereocenters. The Labute approximate surface area is 745 Å². The summed E-state index contributed by atoms with van der Waals surface area (Å²) in [6, 6.07) is 141. The fraction of sp³-hybridized carbons (Fsp3) is 0.0541. The summed E-state index contributed by atoms with van der Waals surface area (Å²) in [6.45, 7) is 8.33. The van der Waals surface area contributed by atoms with Crippen LogP contribution in [0.4, 0.5) is 11.4 Å². The highest BCUT2D eigenvalue weighted by Crippen LogP contribution is 2.44. The molecule has 0 spiro atoms. The number of benzene rings is 17. The first kappa shape index (κ1) is 84.8. The molecule has 14 heteroatoms. The minimum Gasteiger partial charge on any atom is -0.423 e. The Hall–Kier alpha value is -13.8. The highest BCUT2D eigenvalue weighted by atomic mass is 35.5. The fourth-order valence-electron chi connectivity index (χ4n) is 15.8. The van der Waals surface area contributed by atoms with Crippen molar-refractivity contribution < 1.29 is 24.2 Å². The summed E-state index contributed by atoms with van der Waals surface area (Å²) in [7, 11) is -1.85. The Bertz CT molecular complexity index is 6970. The number of rotatable bonds is 13. The maximum Gasteiger partial charge on any atom is 0.494 e. The highest BCUT2D eigenvalue weighted by Gasteiger charge is 2.52. The van der Waals surface area contributed by atoms with Crippen LogP contribution in [0.5, 0.6) is 0 Å². The molecule has 0 radical (unpaired) electrons. The van der Waals surface area contributed by atoms with Gasteiger partial charge in [0.15, 0.2) is 0 Å². The van der Waals surface area contributed by atoms with Crippen LogP contribution in [0.25, 0.3) is 144 Å². The number of nitrogens with one attached hydrogen (secondary N) is 1. The third-order valence-corrected chi connectivity index (χ3v) is 23.3. The van der Waals surface area contributed by atoms with Crippen molar-refractivity contribution in [1.29, 1.82) is 0 Å². The number of nitrogens with zero attached hydrogens (tertiary/aromatic N) is 2. The molecule has 2 aromatic heterocycles. The van der Waals surface area contributed by atoms with Crippen LogP contribution in [-0.4, -0.2) is 51.4 Å². The van der Waals surface area contributed by atoms with Gasteiger partial charge in [0, 0.05) is 80.9 Å². The normalized spacial score (nSPS) is 12.3. The van der Waals surface area contributed by atoms with Crippen molar-refractivity contribution >= 4 is 121 Å². The largest absolute Gasteiger partial charge is 0.494 e. The van der Waals surface area contributed by atoms with E-state index in [4.69, 9.17) is 59.8 Å². The van der Waals surface area contributed by atoms with E-state index in [9.17, 15) is 14.8 Å². The lowest BCUT2D eigenvalue weighted by Crippen LogP contribution is -2.41. The number of amides is 1. The van der Waals surface area contributed by atoms with Gasteiger partial charge in [-0.1, -0.05) is 405 Å². The number of nitrogens with two attached hydrogens (primary N) is 1. The van der Waals surface area contributed by atoms with Gasteiger partial charge in [-0.15, -0.1) is 0 Å². The zero-order chi connectivity index (χ0) is 86.4. The smallest absolute Gasteiger partial charge is 0.423 e. The van der Waals surface area contributed by atoms with Gasteiger partial charge in [0.25, 0.3) is 5.91 Å². The number of hydrogen-bond donors (Lipinski definition) is 4. The molecule has 9 nitrogen and oxygen atoms in total. The summed E-state index contributed by atoms with van der Waals surface area (Å²) in [5.41, 5.74) is 30.2. The number of fused-ring (bicyclic) bond motifs is 6. The van der Waals surface area contributed by atoms with Crippen molar-refractivity contribution in [2.75, 3.05) is 11.1 Å². The number of aromatic nitrogens is 2. The Morgan fingerprint density at radius 2 is 0.664 bits per heavy atom. The molecule has 1 aliphatic heterocycles. The van der Waals surface area contributed by atoms with Gasteiger partial charge in [0.2, 0.25) is 0 Å². The van der Waals surface area contributed by atoms with Crippen LogP contribution in [0.3, 0.4) is 0 Å². The number of carbonyl (C=O) groups excluding carboxylic acids is 1. The number of pyridine rings is 2. The van der Waals surface area contributed by atoms with E-state index in [0.717, 1.165) is 105 Å². The van der Waals surface area contributed by atoms with E-state index in [2.05, 4.69) is 233 Å². The molecule has 3 heterocycles. The number of hydrogen-bond acceptors (Lipinski definition) is 8. The van der Waals surface area contributed by atoms with Crippen LogP contribution in [0.1, 0.15) is 38.1 Å². The summed E-state index contributed by atoms with van der Waals surface area (Å²) in [6.07, 6.45) is 0. The molecule has 1 saturated heterocycles. The van der Waals surface area contributed by atoms with E-state index in [1.54, 1.807) is 36.4 Å². The maximum atomic E-state index is 12.7. The molecule has 1 amide bonds. The molecule has 0 unspecified atom stereocenters. The number of anilines is 2. The van der Waals surface area contributed by atoms with Crippen molar-refractivity contribution in [3.8, 4) is 100 Å². The lowest BCUT2D eigenvalue weighted by Gasteiger charge is -2.32. The second-order valence-corrected chi connectivity index (χ2v) is 32.6.